The van der Waals surface area contributed by atoms with Gasteiger partial charge in [-0.1, -0.05) is 12.0 Å². The van der Waals surface area contributed by atoms with Gasteiger partial charge >= 0.3 is 6.18 Å². The van der Waals surface area contributed by atoms with E-state index in [2.05, 4.69) is 21.5 Å². The fraction of sp³-hybridized carbons (Fsp3) is 0.500. The van der Waals surface area contributed by atoms with Crippen molar-refractivity contribution in [2.45, 2.75) is 19.6 Å². The molecule has 0 radical (unpaired) electrons. The van der Waals surface area contributed by atoms with Crippen LogP contribution in [-0.4, -0.2) is 45.4 Å². The molecule has 8 heteroatoms. The number of hydrogen-bond acceptors (Lipinski definition) is 3. The second kappa shape index (κ2) is 9.34. The SMILES string of the molecule is C#CCNC(=NCc1ccc(N2CCOCC2)cc1C(F)(F)F)NCC. The van der Waals surface area contributed by atoms with Crippen LogP contribution in [0.5, 0.6) is 0 Å². The van der Waals surface area contributed by atoms with Crippen molar-refractivity contribution in [1.82, 2.24) is 10.6 Å². The quantitative estimate of drug-likeness (QED) is 0.475. The molecule has 0 bridgehead atoms. The molecule has 0 saturated carbocycles. The molecule has 0 aromatic heterocycles. The van der Waals surface area contributed by atoms with Crippen LogP contribution in [0.4, 0.5) is 18.9 Å². The number of terminal acetylenes is 1. The lowest BCUT2D eigenvalue weighted by Gasteiger charge is -2.29. The van der Waals surface area contributed by atoms with Gasteiger partial charge in [0, 0.05) is 25.3 Å². The van der Waals surface area contributed by atoms with Crippen molar-refractivity contribution in [1.29, 1.82) is 0 Å². The Morgan fingerprint density at radius 2 is 2.04 bits per heavy atom. The summed E-state index contributed by atoms with van der Waals surface area (Å²) in [7, 11) is 0. The number of alkyl halides is 3. The van der Waals surface area contributed by atoms with Gasteiger partial charge in [-0.15, -0.1) is 6.42 Å². The Morgan fingerprint density at radius 1 is 1.31 bits per heavy atom. The second-order valence-electron chi connectivity index (χ2n) is 5.69. The van der Waals surface area contributed by atoms with Crippen LogP contribution in [-0.2, 0) is 17.5 Å². The fourth-order valence-electron chi connectivity index (χ4n) is 2.63. The van der Waals surface area contributed by atoms with Crippen LogP contribution in [0.15, 0.2) is 23.2 Å². The number of halogens is 3. The van der Waals surface area contributed by atoms with E-state index in [4.69, 9.17) is 11.2 Å². The maximum Gasteiger partial charge on any atom is 0.416 e. The minimum atomic E-state index is -4.45. The van der Waals surface area contributed by atoms with Crippen LogP contribution < -0.4 is 15.5 Å². The standard InChI is InChI=1S/C18H23F3N4O/c1-3-7-23-17(22-4-2)24-13-14-5-6-15(12-16(14)18(19,20)21)25-8-10-26-11-9-25/h1,5-6,12H,4,7-11,13H2,2H3,(H2,22,23,24). The summed E-state index contributed by atoms with van der Waals surface area (Å²) in [4.78, 5) is 6.10. The number of benzene rings is 1. The number of nitrogens with zero attached hydrogens (tertiary/aromatic N) is 2. The van der Waals surface area contributed by atoms with E-state index < -0.39 is 11.7 Å². The summed E-state index contributed by atoms with van der Waals surface area (Å²) >= 11 is 0. The largest absolute Gasteiger partial charge is 0.416 e. The summed E-state index contributed by atoms with van der Waals surface area (Å²) in [5.41, 5.74) is -0.00354. The van der Waals surface area contributed by atoms with Gasteiger partial charge in [-0.25, -0.2) is 4.99 Å². The normalized spacial score (nSPS) is 15.5. The van der Waals surface area contributed by atoms with Crippen molar-refractivity contribution in [3.8, 4) is 12.3 Å². The van der Waals surface area contributed by atoms with Crippen molar-refractivity contribution >= 4 is 11.6 Å². The molecule has 0 aliphatic carbocycles. The first kappa shape index (κ1) is 19.9. The molecule has 1 aliphatic rings. The first-order valence-corrected chi connectivity index (χ1v) is 8.44. The zero-order valence-electron chi connectivity index (χ0n) is 14.7. The van der Waals surface area contributed by atoms with Crippen LogP contribution in [0.25, 0.3) is 0 Å². The van der Waals surface area contributed by atoms with E-state index in [0.717, 1.165) is 0 Å². The Labute approximate surface area is 151 Å². The molecule has 0 amide bonds. The smallest absolute Gasteiger partial charge is 0.378 e. The van der Waals surface area contributed by atoms with E-state index in [0.29, 0.717) is 44.5 Å². The minimum absolute atomic E-state index is 0.0991. The van der Waals surface area contributed by atoms with Crippen molar-refractivity contribution in [3.63, 3.8) is 0 Å². The van der Waals surface area contributed by atoms with Gasteiger partial charge in [0.2, 0.25) is 0 Å². The van der Waals surface area contributed by atoms with E-state index >= 15 is 0 Å². The molecular formula is C18H23F3N4O. The van der Waals surface area contributed by atoms with Gasteiger partial charge in [-0.2, -0.15) is 13.2 Å². The van der Waals surface area contributed by atoms with Gasteiger partial charge in [0.05, 0.1) is 31.9 Å². The van der Waals surface area contributed by atoms with Gasteiger partial charge in [0.1, 0.15) is 0 Å². The monoisotopic (exact) mass is 368 g/mol. The van der Waals surface area contributed by atoms with Crippen LogP contribution in [0.1, 0.15) is 18.1 Å². The molecule has 0 spiro atoms. The number of hydrogen-bond donors (Lipinski definition) is 2. The summed E-state index contributed by atoms with van der Waals surface area (Å²) in [5.74, 6) is 2.79. The fourth-order valence-corrected chi connectivity index (χ4v) is 2.63. The van der Waals surface area contributed by atoms with E-state index in [1.54, 1.807) is 6.07 Å². The summed E-state index contributed by atoms with van der Waals surface area (Å²) in [6, 6.07) is 4.38. The summed E-state index contributed by atoms with van der Waals surface area (Å²) < 4.78 is 45.8. The molecule has 1 fully saturated rings. The Bertz CT molecular complexity index is 661. The van der Waals surface area contributed by atoms with Crippen LogP contribution >= 0.6 is 0 Å². The first-order valence-electron chi connectivity index (χ1n) is 8.44. The Morgan fingerprint density at radius 3 is 2.65 bits per heavy atom. The summed E-state index contributed by atoms with van der Waals surface area (Å²) in [5, 5.41) is 5.81. The predicted octanol–water partition coefficient (Wildman–Crippen LogP) is 2.23. The Hall–Kier alpha value is -2.40. The second-order valence-corrected chi connectivity index (χ2v) is 5.69. The lowest BCUT2D eigenvalue weighted by molar-refractivity contribution is -0.138. The van der Waals surface area contributed by atoms with Crippen molar-refractivity contribution < 1.29 is 17.9 Å². The van der Waals surface area contributed by atoms with Crippen LogP contribution in [0.2, 0.25) is 0 Å². The van der Waals surface area contributed by atoms with Gasteiger partial charge in [0.25, 0.3) is 0 Å². The highest BCUT2D eigenvalue weighted by molar-refractivity contribution is 5.80. The highest BCUT2D eigenvalue weighted by Gasteiger charge is 2.34. The van der Waals surface area contributed by atoms with Crippen LogP contribution in [0.3, 0.4) is 0 Å². The van der Waals surface area contributed by atoms with Crippen molar-refractivity contribution in [3.05, 3.63) is 29.3 Å². The van der Waals surface area contributed by atoms with E-state index in [9.17, 15) is 13.2 Å². The number of aliphatic imine (C=N–C) groups is 1. The number of rotatable bonds is 5. The van der Waals surface area contributed by atoms with Crippen molar-refractivity contribution in [2.24, 2.45) is 4.99 Å². The maximum absolute atomic E-state index is 13.5. The maximum atomic E-state index is 13.5. The molecule has 0 atom stereocenters. The zero-order chi connectivity index (χ0) is 19.0. The van der Waals surface area contributed by atoms with E-state index in [1.165, 1.54) is 12.1 Å². The zero-order valence-corrected chi connectivity index (χ0v) is 14.7. The third-order valence-corrected chi connectivity index (χ3v) is 3.88. The molecule has 1 saturated heterocycles. The number of guanidine groups is 1. The number of anilines is 1. The van der Waals surface area contributed by atoms with Gasteiger partial charge < -0.3 is 20.3 Å². The highest BCUT2D eigenvalue weighted by Crippen LogP contribution is 2.35. The molecule has 142 valence electrons. The summed E-state index contributed by atoms with van der Waals surface area (Å²) in [6.45, 7) is 4.78. The highest BCUT2D eigenvalue weighted by atomic mass is 19.4. The minimum Gasteiger partial charge on any atom is -0.378 e. The molecule has 2 N–H and O–H groups in total. The van der Waals surface area contributed by atoms with Gasteiger partial charge in [0.15, 0.2) is 5.96 Å². The van der Waals surface area contributed by atoms with E-state index in [1.807, 2.05) is 11.8 Å². The Balaban J connectivity index is 2.25. The number of morpholine rings is 1. The van der Waals surface area contributed by atoms with Gasteiger partial charge in [-0.3, -0.25) is 0 Å². The molecule has 1 aromatic rings. The third kappa shape index (κ3) is 5.56. The summed E-state index contributed by atoms with van der Waals surface area (Å²) in [6.07, 6.45) is 0.745. The lowest BCUT2D eigenvalue weighted by Crippen LogP contribution is -2.37. The number of ether oxygens (including phenoxy) is 1. The molecule has 1 aliphatic heterocycles. The molecule has 2 rings (SSSR count). The molecule has 5 nitrogen and oxygen atoms in total. The predicted molar refractivity (Wildman–Crippen MR) is 96.1 cm³/mol. The van der Waals surface area contributed by atoms with Crippen molar-refractivity contribution in [2.75, 3.05) is 44.3 Å². The Kier molecular flexibility index (Phi) is 7.16. The molecule has 1 heterocycles. The van der Waals surface area contributed by atoms with Crippen LogP contribution in [0, 0.1) is 12.3 Å². The average molecular weight is 368 g/mol. The first-order chi connectivity index (χ1) is 12.5. The third-order valence-electron chi connectivity index (χ3n) is 3.88. The van der Waals surface area contributed by atoms with Gasteiger partial charge in [-0.05, 0) is 24.6 Å². The topological polar surface area (TPSA) is 48.9 Å². The van der Waals surface area contributed by atoms with E-state index in [-0.39, 0.29) is 18.7 Å². The molecular weight excluding hydrogens is 345 g/mol. The molecule has 26 heavy (non-hydrogen) atoms. The lowest BCUT2D eigenvalue weighted by atomic mass is 10.1. The number of nitrogens with one attached hydrogen (secondary N) is 2. The average Bonchev–Trinajstić information content (AvgIpc) is 2.64. The molecule has 1 aromatic carbocycles. The molecule has 0 unspecified atom stereocenters.